The van der Waals surface area contributed by atoms with Crippen molar-refractivity contribution in [1.82, 2.24) is 0 Å². The molecule has 0 radical (unpaired) electrons. The molecule has 0 amide bonds. The van der Waals surface area contributed by atoms with Crippen molar-refractivity contribution in [3.05, 3.63) is 0 Å². The second kappa shape index (κ2) is 7.99. The lowest BCUT2D eigenvalue weighted by Gasteiger charge is -2.17. The van der Waals surface area contributed by atoms with Crippen molar-refractivity contribution in [2.24, 2.45) is 5.92 Å². The minimum Gasteiger partial charge on any atom is -0.463 e. The molecule has 1 atom stereocenters. The maximum Gasteiger partial charge on any atom is 0.308 e. The summed E-state index contributed by atoms with van der Waals surface area (Å²) in [7, 11) is -2.33. The van der Waals surface area contributed by atoms with Crippen LogP contribution in [0.4, 0.5) is 0 Å². The Hall–Kier alpha value is -0.176. The van der Waals surface area contributed by atoms with Gasteiger partial charge in [-0.05, 0) is 26.1 Å². The number of hydrogen-bond donors (Lipinski definition) is 0. The van der Waals surface area contributed by atoms with Gasteiger partial charge in [-0.25, -0.2) is 0 Å². The Morgan fingerprint density at radius 2 is 1.94 bits per heavy atom. The number of ether oxygens (including phenoxy) is 1. The molecule has 0 saturated heterocycles. The summed E-state index contributed by atoms with van der Waals surface area (Å²) in [6.45, 7) is 11.0. The fourth-order valence-electron chi connectivity index (χ4n) is 0.787. The van der Waals surface area contributed by atoms with E-state index in [0.29, 0.717) is 13.2 Å². The van der Waals surface area contributed by atoms with E-state index in [0.717, 1.165) is 6.42 Å². The van der Waals surface area contributed by atoms with E-state index in [1.54, 1.807) is 0 Å². The third-order valence-electron chi connectivity index (χ3n) is 2.06. The predicted octanol–water partition coefficient (Wildman–Crippen LogP) is 1.44. The van der Waals surface area contributed by atoms with Crippen LogP contribution < -0.4 is 0 Å². The average molecular weight is 264 g/mol. The summed E-state index contributed by atoms with van der Waals surface area (Å²) in [6, 6.07) is 0. The summed E-state index contributed by atoms with van der Waals surface area (Å²) in [6.07, 6.45) is 0.813. The highest BCUT2D eigenvalue weighted by molar-refractivity contribution is 6.73. The minimum absolute atomic E-state index is 0.0181. The van der Waals surface area contributed by atoms with Crippen LogP contribution in [0.15, 0.2) is 0 Å². The highest BCUT2D eigenvalue weighted by Crippen LogP contribution is 2.03. The van der Waals surface area contributed by atoms with Crippen LogP contribution >= 0.6 is 0 Å². The minimum atomic E-state index is -1.43. The molecule has 0 aromatic carbocycles. The number of rotatable bonds is 8. The van der Waals surface area contributed by atoms with Gasteiger partial charge in [0, 0.05) is 0 Å². The first kappa shape index (κ1) is 15.8. The third-order valence-corrected chi connectivity index (χ3v) is 6.45. The Morgan fingerprint density at radius 1 is 1.31 bits per heavy atom. The highest BCUT2D eigenvalue weighted by atomic mass is 28.4. The Labute approximate surface area is 102 Å². The van der Waals surface area contributed by atoms with Crippen LogP contribution in [-0.4, -0.2) is 37.5 Å². The maximum atomic E-state index is 11.3. The smallest absolute Gasteiger partial charge is 0.308 e. The van der Waals surface area contributed by atoms with Gasteiger partial charge in [-0.3, -0.25) is 4.79 Å². The molecule has 0 heterocycles. The third kappa shape index (κ3) is 9.08. The van der Waals surface area contributed by atoms with E-state index in [-0.39, 0.29) is 11.9 Å². The second-order valence-corrected chi connectivity index (χ2v) is 10.8. The van der Waals surface area contributed by atoms with E-state index in [1.807, 2.05) is 13.8 Å². The topological polar surface area (TPSA) is 44.8 Å². The van der Waals surface area contributed by atoms with E-state index in [1.165, 1.54) is 0 Å². The zero-order chi connectivity index (χ0) is 12.6. The quantitative estimate of drug-likeness (QED) is 0.378. The maximum absolute atomic E-state index is 11.3. The van der Waals surface area contributed by atoms with Crippen molar-refractivity contribution in [3.8, 4) is 0 Å². The second-order valence-electron chi connectivity index (χ2n) is 4.76. The molecule has 0 N–H and O–H groups in total. The van der Waals surface area contributed by atoms with Crippen LogP contribution in [0.3, 0.4) is 0 Å². The zero-order valence-corrected chi connectivity index (χ0v) is 13.5. The SMILES string of the molecule is CCC(C)C(=O)OCCO[SiH2]O[Si](C)(C)C. The van der Waals surface area contributed by atoms with Gasteiger partial charge in [0.15, 0.2) is 8.32 Å². The summed E-state index contributed by atoms with van der Waals surface area (Å²) < 4.78 is 16.0. The van der Waals surface area contributed by atoms with Crippen molar-refractivity contribution in [1.29, 1.82) is 0 Å². The molecule has 0 aliphatic carbocycles. The molecule has 0 fully saturated rings. The number of esters is 1. The van der Waals surface area contributed by atoms with Crippen molar-refractivity contribution in [2.45, 2.75) is 39.9 Å². The van der Waals surface area contributed by atoms with Crippen LogP contribution in [0, 0.1) is 5.92 Å². The van der Waals surface area contributed by atoms with Crippen LogP contribution in [-0.2, 0) is 18.1 Å². The molecule has 16 heavy (non-hydrogen) atoms. The summed E-state index contributed by atoms with van der Waals surface area (Å²) in [5.41, 5.74) is 0. The summed E-state index contributed by atoms with van der Waals surface area (Å²) in [4.78, 5) is 11.3. The molecular formula is C10H24O4Si2. The van der Waals surface area contributed by atoms with Crippen LogP contribution in [0.1, 0.15) is 20.3 Å². The monoisotopic (exact) mass is 264 g/mol. The van der Waals surface area contributed by atoms with Gasteiger partial charge in [0.1, 0.15) is 6.61 Å². The van der Waals surface area contributed by atoms with Crippen LogP contribution in [0.2, 0.25) is 19.6 Å². The van der Waals surface area contributed by atoms with E-state index >= 15 is 0 Å². The van der Waals surface area contributed by atoms with Crippen molar-refractivity contribution >= 4 is 24.3 Å². The van der Waals surface area contributed by atoms with E-state index in [2.05, 4.69) is 19.6 Å². The molecule has 0 aromatic heterocycles. The van der Waals surface area contributed by atoms with E-state index in [4.69, 9.17) is 13.3 Å². The fourth-order valence-corrected chi connectivity index (χ4v) is 2.77. The first-order chi connectivity index (χ1) is 7.37. The molecule has 6 heteroatoms. The largest absolute Gasteiger partial charge is 0.463 e. The normalized spacial score (nSPS) is 14.3. The lowest BCUT2D eigenvalue weighted by Crippen LogP contribution is -2.29. The number of carbonyl (C=O) groups is 1. The van der Waals surface area contributed by atoms with Gasteiger partial charge in [-0.15, -0.1) is 0 Å². The molecule has 1 unspecified atom stereocenters. The molecule has 0 aromatic rings. The first-order valence-electron chi connectivity index (χ1n) is 5.75. The average Bonchev–Trinajstić information content (AvgIpc) is 2.20. The summed E-state index contributed by atoms with van der Waals surface area (Å²) >= 11 is 0. The Morgan fingerprint density at radius 3 is 2.44 bits per heavy atom. The molecule has 0 bridgehead atoms. The lowest BCUT2D eigenvalue weighted by atomic mass is 10.1. The van der Waals surface area contributed by atoms with Gasteiger partial charge in [0.25, 0.3) is 10.0 Å². The Balaban J connectivity index is 3.37. The van der Waals surface area contributed by atoms with Crippen LogP contribution in [0.25, 0.3) is 0 Å². The highest BCUT2D eigenvalue weighted by Gasteiger charge is 2.14. The number of carbonyl (C=O) groups excluding carboxylic acids is 1. The molecule has 0 spiro atoms. The van der Waals surface area contributed by atoms with E-state index in [9.17, 15) is 4.79 Å². The molecule has 0 aliphatic rings. The fraction of sp³-hybridized carbons (Fsp3) is 0.900. The Bertz CT molecular complexity index is 203. The predicted molar refractivity (Wildman–Crippen MR) is 69.3 cm³/mol. The van der Waals surface area contributed by atoms with Gasteiger partial charge in [-0.2, -0.15) is 0 Å². The lowest BCUT2D eigenvalue weighted by molar-refractivity contribution is -0.148. The van der Waals surface area contributed by atoms with Crippen molar-refractivity contribution < 1.29 is 18.1 Å². The molecule has 0 aliphatic heterocycles. The molecular weight excluding hydrogens is 240 g/mol. The molecule has 96 valence electrons. The molecule has 0 saturated carbocycles. The zero-order valence-electron chi connectivity index (χ0n) is 11.0. The molecule has 4 nitrogen and oxygen atoms in total. The van der Waals surface area contributed by atoms with Gasteiger partial charge in [0.05, 0.1) is 12.5 Å². The van der Waals surface area contributed by atoms with Crippen molar-refractivity contribution in [2.75, 3.05) is 13.2 Å². The van der Waals surface area contributed by atoms with Crippen LogP contribution in [0.5, 0.6) is 0 Å². The van der Waals surface area contributed by atoms with Crippen molar-refractivity contribution in [3.63, 3.8) is 0 Å². The standard InChI is InChI=1S/C10H24O4Si2/c1-6-9(2)10(11)12-7-8-13-15-14-16(3,4)5/h9H,6-8,15H2,1-5H3. The summed E-state index contributed by atoms with van der Waals surface area (Å²) in [5, 5.41) is 0. The van der Waals surface area contributed by atoms with Gasteiger partial charge < -0.3 is 13.3 Å². The van der Waals surface area contributed by atoms with E-state index < -0.39 is 18.3 Å². The Kier molecular flexibility index (Phi) is 7.91. The van der Waals surface area contributed by atoms with Gasteiger partial charge in [-0.1, -0.05) is 13.8 Å². The molecule has 0 rings (SSSR count). The number of hydrogen-bond acceptors (Lipinski definition) is 4. The first-order valence-corrected chi connectivity index (χ1v) is 10.3. The summed E-state index contributed by atoms with van der Waals surface area (Å²) in [5.74, 6) is -0.158. The van der Waals surface area contributed by atoms with Gasteiger partial charge >= 0.3 is 5.97 Å². The van der Waals surface area contributed by atoms with Gasteiger partial charge in [0.2, 0.25) is 0 Å².